The molecule has 1 aliphatic heterocycles. The van der Waals surface area contributed by atoms with Crippen molar-refractivity contribution >= 4 is 18.3 Å². The minimum atomic E-state index is -4.51. The van der Waals surface area contributed by atoms with Gasteiger partial charge < -0.3 is 15.0 Å². The number of carbonyl (C=O) groups is 1. The maximum absolute atomic E-state index is 12.9. The van der Waals surface area contributed by atoms with E-state index < -0.39 is 17.8 Å². The number of para-hydroxylation sites is 1. The fourth-order valence-corrected chi connectivity index (χ4v) is 2.43. The molecule has 1 heterocycles. The lowest BCUT2D eigenvalue weighted by Crippen LogP contribution is -2.54. The van der Waals surface area contributed by atoms with E-state index in [1.54, 1.807) is 4.90 Å². The highest BCUT2D eigenvalue weighted by molar-refractivity contribution is 5.85. The fraction of sp³-hybridized carbons (Fsp3) is 0.533. The van der Waals surface area contributed by atoms with Gasteiger partial charge in [0.2, 0.25) is 0 Å². The number of hydrogen-bond acceptors (Lipinski definition) is 3. The average Bonchev–Trinajstić information content (AvgIpc) is 2.46. The van der Waals surface area contributed by atoms with Crippen molar-refractivity contribution in [2.75, 3.05) is 19.6 Å². The molecule has 1 saturated heterocycles. The summed E-state index contributed by atoms with van der Waals surface area (Å²) >= 11 is 0. The highest BCUT2D eigenvalue weighted by atomic mass is 35.5. The van der Waals surface area contributed by atoms with E-state index in [9.17, 15) is 18.0 Å². The Hall–Kier alpha value is -1.47. The van der Waals surface area contributed by atoms with E-state index in [2.05, 4.69) is 5.32 Å². The quantitative estimate of drug-likeness (QED) is 0.909. The molecule has 23 heavy (non-hydrogen) atoms. The number of nitrogens with zero attached hydrogens (tertiary/aromatic N) is 1. The van der Waals surface area contributed by atoms with Gasteiger partial charge in [-0.2, -0.15) is 13.2 Å². The molecule has 2 atom stereocenters. The summed E-state index contributed by atoms with van der Waals surface area (Å²) in [7, 11) is 0. The second-order valence-corrected chi connectivity index (χ2v) is 5.39. The summed E-state index contributed by atoms with van der Waals surface area (Å²) in [6, 6.07) is 5.08. The minimum Gasteiger partial charge on any atom is -0.480 e. The molecule has 1 aliphatic rings. The normalized spacial score (nSPS) is 19.7. The Balaban J connectivity index is 0.00000264. The van der Waals surface area contributed by atoms with Gasteiger partial charge >= 0.3 is 6.18 Å². The molecule has 0 radical (unpaired) electrons. The molecule has 4 nitrogen and oxygen atoms in total. The van der Waals surface area contributed by atoms with Gasteiger partial charge in [0.15, 0.2) is 6.10 Å². The minimum absolute atomic E-state index is 0. The van der Waals surface area contributed by atoms with Gasteiger partial charge in [-0.1, -0.05) is 12.1 Å². The molecule has 0 aliphatic carbocycles. The maximum Gasteiger partial charge on any atom is 0.419 e. The van der Waals surface area contributed by atoms with E-state index in [1.807, 2.05) is 6.92 Å². The molecule has 1 aromatic rings. The Morgan fingerprint density at radius 3 is 2.65 bits per heavy atom. The second-order valence-electron chi connectivity index (χ2n) is 5.39. The summed E-state index contributed by atoms with van der Waals surface area (Å²) in [6.45, 7) is 5.14. The summed E-state index contributed by atoms with van der Waals surface area (Å²) in [5.41, 5.74) is -0.872. The van der Waals surface area contributed by atoms with Crippen LogP contribution in [0.2, 0.25) is 0 Å². The van der Waals surface area contributed by atoms with Gasteiger partial charge in [0.05, 0.1) is 5.56 Å². The molecule has 130 valence electrons. The zero-order chi connectivity index (χ0) is 16.3. The van der Waals surface area contributed by atoms with Crippen molar-refractivity contribution in [2.24, 2.45) is 0 Å². The Kier molecular flexibility index (Phi) is 6.70. The molecule has 1 N–H and O–H groups in total. The number of nitrogens with one attached hydrogen (secondary N) is 1. The lowest BCUT2D eigenvalue weighted by Gasteiger charge is -2.33. The summed E-state index contributed by atoms with van der Waals surface area (Å²) in [5.74, 6) is -0.621. The van der Waals surface area contributed by atoms with Gasteiger partial charge in [0.1, 0.15) is 5.75 Å². The molecule has 8 heteroatoms. The number of ether oxygens (including phenoxy) is 1. The van der Waals surface area contributed by atoms with Crippen LogP contribution in [-0.4, -0.2) is 42.6 Å². The molecular formula is C15H20ClF3N2O2. The third kappa shape index (κ3) is 5.00. The number of carbonyl (C=O) groups excluding carboxylic acids is 1. The van der Waals surface area contributed by atoms with Gasteiger partial charge in [-0.05, 0) is 26.0 Å². The molecule has 0 bridgehead atoms. The molecule has 0 saturated carbocycles. The largest absolute Gasteiger partial charge is 0.480 e. The number of hydrogen-bond donors (Lipinski definition) is 1. The summed E-state index contributed by atoms with van der Waals surface area (Å²) in [5, 5.41) is 3.20. The zero-order valence-electron chi connectivity index (χ0n) is 12.9. The highest BCUT2D eigenvalue weighted by Crippen LogP contribution is 2.36. The average molecular weight is 353 g/mol. The SMILES string of the molecule is CC1CN(C(=O)C(C)Oc2ccccc2C(F)(F)F)CCN1.Cl. The lowest BCUT2D eigenvalue weighted by atomic mass is 10.2. The van der Waals surface area contributed by atoms with Crippen molar-refractivity contribution in [2.45, 2.75) is 32.2 Å². The third-order valence-electron chi connectivity index (χ3n) is 3.52. The van der Waals surface area contributed by atoms with Gasteiger partial charge in [-0.25, -0.2) is 0 Å². The van der Waals surface area contributed by atoms with Crippen LogP contribution >= 0.6 is 12.4 Å². The summed E-state index contributed by atoms with van der Waals surface area (Å²) in [6.07, 6.45) is -5.48. The van der Waals surface area contributed by atoms with Gasteiger partial charge in [-0.15, -0.1) is 12.4 Å². The molecule has 0 spiro atoms. The van der Waals surface area contributed by atoms with Crippen LogP contribution in [0.25, 0.3) is 0 Å². The van der Waals surface area contributed by atoms with Crippen molar-refractivity contribution < 1.29 is 22.7 Å². The molecular weight excluding hydrogens is 333 g/mol. The second kappa shape index (κ2) is 7.88. The fourth-order valence-electron chi connectivity index (χ4n) is 2.43. The Labute approximate surface area is 139 Å². The zero-order valence-corrected chi connectivity index (χ0v) is 13.7. The summed E-state index contributed by atoms with van der Waals surface area (Å²) in [4.78, 5) is 13.9. The Morgan fingerprint density at radius 1 is 1.39 bits per heavy atom. The molecule has 2 unspecified atom stereocenters. The van der Waals surface area contributed by atoms with E-state index in [0.717, 1.165) is 6.07 Å². The molecule has 1 amide bonds. The standard InChI is InChI=1S/C15H19F3N2O2.ClH/c1-10-9-20(8-7-19-10)14(21)11(2)22-13-6-4-3-5-12(13)15(16,17)18;/h3-6,10-11,19H,7-9H2,1-2H3;1H. The smallest absolute Gasteiger partial charge is 0.419 e. The number of benzene rings is 1. The van der Waals surface area contributed by atoms with Crippen molar-refractivity contribution in [1.82, 2.24) is 10.2 Å². The number of alkyl halides is 3. The van der Waals surface area contributed by atoms with Crippen LogP contribution in [0.15, 0.2) is 24.3 Å². The monoisotopic (exact) mass is 352 g/mol. The lowest BCUT2D eigenvalue weighted by molar-refractivity contribution is -0.144. The maximum atomic E-state index is 12.9. The van der Waals surface area contributed by atoms with E-state index in [1.165, 1.54) is 25.1 Å². The van der Waals surface area contributed by atoms with Gasteiger partial charge in [0.25, 0.3) is 5.91 Å². The van der Waals surface area contributed by atoms with Crippen LogP contribution in [0.4, 0.5) is 13.2 Å². The topological polar surface area (TPSA) is 41.6 Å². The van der Waals surface area contributed by atoms with E-state index in [4.69, 9.17) is 4.74 Å². The number of amides is 1. The van der Waals surface area contributed by atoms with Crippen LogP contribution in [0.5, 0.6) is 5.75 Å². The number of halogens is 4. The number of rotatable bonds is 3. The van der Waals surface area contributed by atoms with E-state index >= 15 is 0 Å². The first-order valence-electron chi connectivity index (χ1n) is 7.14. The van der Waals surface area contributed by atoms with Crippen molar-refractivity contribution in [3.63, 3.8) is 0 Å². The molecule has 0 aromatic heterocycles. The predicted octanol–water partition coefficient (Wildman–Crippen LogP) is 2.71. The highest BCUT2D eigenvalue weighted by Gasteiger charge is 2.35. The molecule has 2 rings (SSSR count). The van der Waals surface area contributed by atoms with Crippen molar-refractivity contribution in [3.8, 4) is 5.75 Å². The van der Waals surface area contributed by atoms with Crippen LogP contribution < -0.4 is 10.1 Å². The van der Waals surface area contributed by atoms with Crippen molar-refractivity contribution in [3.05, 3.63) is 29.8 Å². The Bertz CT molecular complexity index is 540. The van der Waals surface area contributed by atoms with Gasteiger partial charge in [0, 0.05) is 25.7 Å². The van der Waals surface area contributed by atoms with Crippen molar-refractivity contribution in [1.29, 1.82) is 0 Å². The first-order chi connectivity index (χ1) is 10.3. The Morgan fingerprint density at radius 2 is 2.04 bits per heavy atom. The third-order valence-corrected chi connectivity index (χ3v) is 3.52. The van der Waals surface area contributed by atoms with E-state index in [-0.39, 0.29) is 30.1 Å². The van der Waals surface area contributed by atoms with Crippen LogP contribution in [-0.2, 0) is 11.0 Å². The first kappa shape index (κ1) is 19.6. The van der Waals surface area contributed by atoms with Gasteiger partial charge in [-0.3, -0.25) is 4.79 Å². The predicted molar refractivity (Wildman–Crippen MR) is 82.8 cm³/mol. The van der Waals surface area contributed by atoms with Crippen LogP contribution in [0, 0.1) is 0 Å². The molecule has 1 fully saturated rings. The number of piperazine rings is 1. The first-order valence-corrected chi connectivity index (χ1v) is 7.14. The molecule has 1 aromatic carbocycles. The van der Waals surface area contributed by atoms with E-state index in [0.29, 0.717) is 19.6 Å². The van der Waals surface area contributed by atoms with Crippen LogP contribution in [0.1, 0.15) is 19.4 Å². The summed E-state index contributed by atoms with van der Waals surface area (Å²) < 4.78 is 44.1. The van der Waals surface area contributed by atoms with Crippen LogP contribution in [0.3, 0.4) is 0 Å².